The minimum absolute atomic E-state index is 0.206. The Balaban J connectivity index is 0.000000686. The van der Waals surface area contributed by atoms with E-state index in [0.29, 0.717) is 29.2 Å². The van der Waals surface area contributed by atoms with Gasteiger partial charge < -0.3 is 36.2 Å². The summed E-state index contributed by atoms with van der Waals surface area (Å²) in [6.07, 6.45) is 5.23. The number of rotatable bonds is 6. The predicted octanol–water partition coefficient (Wildman–Crippen LogP) is -1.49. The largest absolute Gasteiger partial charge is 0.748 e. The first kappa shape index (κ1) is 33.6. The van der Waals surface area contributed by atoms with E-state index in [4.69, 9.17) is 48.6 Å². The second kappa shape index (κ2) is 13.6. The van der Waals surface area contributed by atoms with E-state index in [-0.39, 0.29) is 17.3 Å². The number of carbonyl (C=O) groups excluding carboxylic acids is 2. The van der Waals surface area contributed by atoms with Crippen LogP contribution in [0.4, 0.5) is 0 Å². The zero-order chi connectivity index (χ0) is 30.9. The molecule has 0 saturated carbocycles. The Morgan fingerprint density at radius 1 is 0.900 bits per heavy atom. The van der Waals surface area contributed by atoms with Crippen LogP contribution in [0.15, 0.2) is 77.8 Å². The maximum absolute atomic E-state index is 13.1. The van der Waals surface area contributed by atoms with Gasteiger partial charge in [0.05, 0.1) is 26.2 Å². The van der Waals surface area contributed by atoms with Gasteiger partial charge in [-0.2, -0.15) is 0 Å². The summed E-state index contributed by atoms with van der Waals surface area (Å²) < 4.78 is 54.5. The van der Waals surface area contributed by atoms with Gasteiger partial charge in [0.25, 0.3) is 0 Å². The van der Waals surface area contributed by atoms with Gasteiger partial charge in [0.1, 0.15) is 5.84 Å². The van der Waals surface area contributed by atoms with Crippen LogP contribution in [0.1, 0.15) is 21.5 Å². The van der Waals surface area contributed by atoms with Gasteiger partial charge in [-0.1, -0.05) is 60.7 Å². The molecule has 216 valence electrons. The Kier molecular flexibility index (Phi) is 11.4. The second-order valence-electron chi connectivity index (χ2n) is 8.18. The van der Waals surface area contributed by atoms with Gasteiger partial charge in [-0.3, -0.25) is 10.2 Å². The molecule has 0 amide bonds. The van der Waals surface area contributed by atoms with Crippen LogP contribution in [-0.2, 0) is 25.0 Å². The highest BCUT2D eigenvalue weighted by Gasteiger charge is 2.35. The van der Waals surface area contributed by atoms with Crippen molar-refractivity contribution in [1.29, 1.82) is 5.41 Å². The number of carbonyl (C=O) groups is 2. The number of carboxylic acids is 1. The summed E-state index contributed by atoms with van der Waals surface area (Å²) in [6, 6.07) is 15.2. The third kappa shape index (κ3) is 11.2. The Hall–Kier alpha value is -4.38. The topological polar surface area (TPSA) is 286 Å². The van der Waals surface area contributed by atoms with Gasteiger partial charge in [-0.25, -0.2) is 21.8 Å². The fraction of sp³-hybridized carbons (Fsp3) is 0.167. The predicted molar refractivity (Wildman–Crippen MR) is 144 cm³/mol. The molecule has 0 fully saturated rings. The van der Waals surface area contributed by atoms with Crippen LogP contribution in [-0.4, -0.2) is 67.5 Å². The van der Waals surface area contributed by atoms with Crippen LogP contribution in [0.25, 0.3) is 5.57 Å². The number of amidine groups is 1. The molecule has 7 N–H and O–H groups in total. The lowest BCUT2D eigenvalue weighted by molar-refractivity contribution is -0.307. The van der Waals surface area contributed by atoms with E-state index in [0.717, 1.165) is 0 Å². The molecule has 1 aliphatic carbocycles. The number of aliphatic imine (C=N–C) groups is 1. The monoisotopic (exact) mass is 592 g/mol. The maximum atomic E-state index is 13.1. The zero-order valence-electron chi connectivity index (χ0n) is 21.2. The highest BCUT2D eigenvalue weighted by Crippen LogP contribution is 2.36. The molecule has 16 heteroatoms. The molecular formula is C24H26N5O9S2-3. The first-order valence-electron chi connectivity index (χ1n) is 10.8. The van der Waals surface area contributed by atoms with Gasteiger partial charge >= 0.3 is 0 Å². The number of nitrogens with one attached hydrogen (secondary N) is 1. The molecule has 40 heavy (non-hydrogen) atoms. The van der Waals surface area contributed by atoms with E-state index >= 15 is 0 Å². The van der Waals surface area contributed by atoms with Crippen molar-refractivity contribution in [2.75, 3.05) is 12.5 Å². The number of hydrogen-bond donors (Lipinski definition) is 4. The Morgan fingerprint density at radius 3 is 1.82 bits per heavy atom. The molecule has 2 aromatic carbocycles. The first-order chi connectivity index (χ1) is 18.2. The number of nitrogens with two attached hydrogens (primary N) is 3. The van der Waals surface area contributed by atoms with Crippen molar-refractivity contribution in [3.8, 4) is 0 Å². The van der Waals surface area contributed by atoms with Crippen molar-refractivity contribution in [2.45, 2.75) is 5.54 Å². The lowest BCUT2D eigenvalue weighted by Crippen LogP contribution is -2.44. The molecule has 3 rings (SSSR count). The summed E-state index contributed by atoms with van der Waals surface area (Å²) in [4.78, 5) is 29.0. The minimum atomic E-state index is -3.92. The normalized spacial score (nSPS) is 18.0. The molecule has 2 aromatic rings. The van der Waals surface area contributed by atoms with E-state index in [2.05, 4.69) is 4.99 Å². The lowest BCUT2D eigenvalue weighted by atomic mass is 9.78. The summed E-state index contributed by atoms with van der Waals surface area (Å²) in [5, 5.41) is 19.8. The Labute approximate surface area is 230 Å². The molecular weight excluding hydrogens is 566 g/mol. The SMILES string of the molecule is CS(=O)(=O)[O-].CS(=O)(=O)[O-].N=C(N)C1(N=C(N)N)C=CC(C(=O)[O-])C(c2ccccc2C(=O)c2ccccc2)=C1. The summed E-state index contributed by atoms with van der Waals surface area (Å²) in [5.74, 6) is -3.58. The first-order valence-corrected chi connectivity index (χ1v) is 14.5. The van der Waals surface area contributed by atoms with Crippen LogP contribution < -0.4 is 22.3 Å². The zero-order valence-corrected chi connectivity index (χ0v) is 22.8. The molecule has 0 spiro atoms. The van der Waals surface area contributed by atoms with Gasteiger partial charge in [0.2, 0.25) is 0 Å². The van der Waals surface area contributed by atoms with E-state index < -0.39 is 43.5 Å². The Bertz CT molecular complexity index is 1520. The lowest BCUT2D eigenvalue weighted by Gasteiger charge is -2.31. The molecule has 0 aliphatic heterocycles. The number of guanidine groups is 1. The van der Waals surface area contributed by atoms with Crippen LogP contribution >= 0.6 is 0 Å². The standard InChI is InChI=1S/C22H21N5O3.2CH4O3S/c23-20(24)22(27-21(25)26)11-10-16(19(29)30)17(12-22)14-8-4-5-9-15(14)18(28)13-6-2-1-3-7-13;2*1-5(2,3)4/h1-12,16H,(H3,23,24)(H,29,30)(H4,25,26,27);2*1H3,(H,2,3,4)/p-3. The molecule has 0 bridgehead atoms. The average molecular weight is 593 g/mol. The van der Waals surface area contributed by atoms with Crippen LogP contribution in [0.5, 0.6) is 0 Å². The van der Waals surface area contributed by atoms with Crippen molar-refractivity contribution in [2.24, 2.45) is 28.1 Å². The number of benzene rings is 2. The fourth-order valence-electron chi connectivity index (χ4n) is 3.36. The molecule has 0 aromatic heterocycles. The van der Waals surface area contributed by atoms with E-state index in [1.54, 1.807) is 54.6 Å². The second-order valence-corrected chi connectivity index (χ2v) is 11.0. The van der Waals surface area contributed by atoms with Crippen molar-refractivity contribution in [3.05, 3.63) is 89.5 Å². The van der Waals surface area contributed by atoms with Crippen molar-refractivity contribution < 1.29 is 40.6 Å². The third-order valence-corrected chi connectivity index (χ3v) is 4.77. The quantitative estimate of drug-likeness (QED) is 0.0980. The number of nitrogens with zero attached hydrogens (tertiary/aromatic N) is 1. The van der Waals surface area contributed by atoms with Crippen molar-refractivity contribution in [3.63, 3.8) is 0 Å². The third-order valence-electron chi connectivity index (χ3n) is 4.77. The van der Waals surface area contributed by atoms with Gasteiger partial charge in [0.15, 0.2) is 17.3 Å². The summed E-state index contributed by atoms with van der Waals surface area (Å²) >= 11 is 0. The molecule has 1 aliphatic rings. The maximum Gasteiger partial charge on any atom is 0.193 e. The number of ketones is 1. The number of hydrogen-bond acceptors (Lipinski definition) is 11. The average Bonchev–Trinajstić information content (AvgIpc) is 2.81. The van der Waals surface area contributed by atoms with Crippen molar-refractivity contribution >= 4 is 49.4 Å². The molecule has 0 radical (unpaired) electrons. The molecule has 0 heterocycles. The summed E-state index contributed by atoms with van der Waals surface area (Å²) in [5.41, 5.74) is 16.5. The highest BCUT2D eigenvalue weighted by molar-refractivity contribution is 7.85. The molecule has 0 saturated heterocycles. The molecule has 14 nitrogen and oxygen atoms in total. The van der Waals surface area contributed by atoms with E-state index in [1.165, 1.54) is 18.2 Å². The van der Waals surface area contributed by atoms with E-state index in [9.17, 15) is 14.7 Å². The minimum Gasteiger partial charge on any atom is -0.748 e. The Morgan fingerprint density at radius 2 is 1.38 bits per heavy atom. The summed E-state index contributed by atoms with van der Waals surface area (Å²) in [7, 11) is -7.83. The molecule has 2 atom stereocenters. The summed E-state index contributed by atoms with van der Waals surface area (Å²) in [6.45, 7) is 0. The molecule has 2 unspecified atom stereocenters. The van der Waals surface area contributed by atoms with Crippen LogP contribution in [0.2, 0.25) is 0 Å². The number of carboxylic acid groups (broad SMARTS) is 1. The van der Waals surface area contributed by atoms with Gasteiger partial charge in [0, 0.05) is 29.6 Å². The highest BCUT2D eigenvalue weighted by atomic mass is 32.2. The van der Waals surface area contributed by atoms with Gasteiger partial charge in [-0.15, -0.1) is 0 Å². The number of aliphatic carboxylic acids is 1. The van der Waals surface area contributed by atoms with Gasteiger partial charge in [-0.05, 0) is 23.3 Å². The van der Waals surface area contributed by atoms with Crippen LogP contribution in [0.3, 0.4) is 0 Å². The van der Waals surface area contributed by atoms with Crippen molar-refractivity contribution in [1.82, 2.24) is 0 Å². The van der Waals surface area contributed by atoms with Crippen LogP contribution in [0, 0.1) is 11.3 Å². The van der Waals surface area contributed by atoms with E-state index in [1.807, 2.05) is 0 Å². The fourth-order valence-corrected chi connectivity index (χ4v) is 3.36. The smallest absolute Gasteiger partial charge is 0.193 e.